The van der Waals surface area contributed by atoms with E-state index < -0.39 is 5.60 Å². The van der Waals surface area contributed by atoms with Gasteiger partial charge in [0.05, 0.1) is 5.60 Å². The summed E-state index contributed by atoms with van der Waals surface area (Å²) in [4.78, 5) is 14.7. The lowest BCUT2D eigenvalue weighted by molar-refractivity contribution is -0.143. The molecule has 0 bridgehead atoms. The Labute approximate surface area is 147 Å². The number of nitrogens with zero attached hydrogens (tertiary/aromatic N) is 2. The van der Waals surface area contributed by atoms with E-state index >= 15 is 0 Å². The molecule has 5 heteroatoms. The van der Waals surface area contributed by atoms with Crippen LogP contribution in [0.15, 0.2) is 30.5 Å². The normalized spacial score (nSPS) is 27.2. The predicted molar refractivity (Wildman–Crippen MR) is 95.1 cm³/mol. The first-order chi connectivity index (χ1) is 11.5. The van der Waals surface area contributed by atoms with E-state index in [0.29, 0.717) is 31.1 Å². The number of amides is 1. The number of hydrogen-bond donors (Lipinski definition) is 1. The second-order valence-corrected chi connectivity index (χ2v) is 7.72. The van der Waals surface area contributed by atoms with Crippen LogP contribution in [-0.2, 0) is 11.3 Å². The van der Waals surface area contributed by atoms with E-state index in [2.05, 4.69) is 0 Å². The monoisotopic (exact) mass is 346 g/mol. The molecular formula is C19H23ClN2O2. The van der Waals surface area contributed by atoms with Crippen LogP contribution < -0.4 is 0 Å². The summed E-state index contributed by atoms with van der Waals surface area (Å²) < 4.78 is 1.96. The van der Waals surface area contributed by atoms with Gasteiger partial charge in [0.1, 0.15) is 6.54 Å². The van der Waals surface area contributed by atoms with Crippen LogP contribution in [0.1, 0.15) is 32.1 Å². The smallest absolute Gasteiger partial charge is 0.242 e. The molecule has 1 aliphatic heterocycles. The van der Waals surface area contributed by atoms with Crippen molar-refractivity contribution in [1.29, 1.82) is 0 Å². The highest BCUT2D eigenvalue weighted by molar-refractivity contribution is 6.31. The molecule has 2 fully saturated rings. The molecule has 4 rings (SSSR count). The summed E-state index contributed by atoms with van der Waals surface area (Å²) in [5, 5.41) is 12.5. The molecule has 1 N–H and O–H groups in total. The quantitative estimate of drug-likeness (QED) is 0.905. The second-order valence-electron chi connectivity index (χ2n) is 7.28. The lowest BCUT2D eigenvalue weighted by Crippen LogP contribution is -2.55. The maximum atomic E-state index is 12.8. The van der Waals surface area contributed by atoms with Crippen molar-refractivity contribution in [1.82, 2.24) is 9.47 Å². The lowest BCUT2D eigenvalue weighted by Gasteiger charge is -2.47. The van der Waals surface area contributed by atoms with Crippen molar-refractivity contribution < 1.29 is 9.90 Å². The highest BCUT2D eigenvalue weighted by Crippen LogP contribution is 2.39. The van der Waals surface area contributed by atoms with Gasteiger partial charge in [-0.3, -0.25) is 4.79 Å². The van der Waals surface area contributed by atoms with Gasteiger partial charge < -0.3 is 14.6 Å². The summed E-state index contributed by atoms with van der Waals surface area (Å²) in [6.07, 6.45) is 6.84. The van der Waals surface area contributed by atoms with Crippen molar-refractivity contribution >= 4 is 28.4 Å². The van der Waals surface area contributed by atoms with Gasteiger partial charge in [0.2, 0.25) is 5.91 Å². The van der Waals surface area contributed by atoms with Crippen LogP contribution in [0.4, 0.5) is 0 Å². The van der Waals surface area contributed by atoms with Crippen LogP contribution in [0.25, 0.3) is 10.9 Å². The van der Waals surface area contributed by atoms with E-state index in [1.165, 1.54) is 0 Å². The van der Waals surface area contributed by atoms with Gasteiger partial charge in [-0.1, -0.05) is 30.5 Å². The van der Waals surface area contributed by atoms with E-state index in [-0.39, 0.29) is 11.8 Å². The number of rotatable bonds is 2. The van der Waals surface area contributed by atoms with Crippen LogP contribution in [0.5, 0.6) is 0 Å². The fraction of sp³-hybridized carbons (Fsp3) is 0.526. The van der Waals surface area contributed by atoms with E-state index in [0.717, 1.165) is 36.6 Å². The molecule has 128 valence electrons. The predicted octanol–water partition coefficient (Wildman–Crippen LogP) is 3.45. The van der Waals surface area contributed by atoms with Crippen LogP contribution >= 0.6 is 11.6 Å². The molecule has 4 nitrogen and oxygen atoms in total. The Morgan fingerprint density at radius 1 is 1.29 bits per heavy atom. The average Bonchev–Trinajstić information content (AvgIpc) is 2.96. The maximum Gasteiger partial charge on any atom is 0.242 e. The van der Waals surface area contributed by atoms with Crippen molar-refractivity contribution in [3.63, 3.8) is 0 Å². The number of carbonyl (C=O) groups excluding carboxylic acids is 1. The molecule has 1 aromatic carbocycles. The standard InChI is InChI=1S/C19H23ClN2O2/c20-16-5-4-14-6-9-21(17(14)11-16)13-18(23)22-10-8-19(24)7-2-1-3-15(19)12-22/h4-6,9,11,15,24H,1-3,7-8,10,12-13H2/t15-,19-/m0/s1. The van der Waals surface area contributed by atoms with Crippen molar-refractivity contribution in [2.45, 2.75) is 44.2 Å². The molecule has 2 aromatic rings. The Morgan fingerprint density at radius 2 is 2.17 bits per heavy atom. The number of benzene rings is 1. The minimum atomic E-state index is -0.539. The molecule has 1 aromatic heterocycles. The molecule has 24 heavy (non-hydrogen) atoms. The first kappa shape index (κ1) is 16.0. The molecule has 1 saturated heterocycles. The molecule has 0 spiro atoms. The molecule has 0 unspecified atom stereocenters. The third-order valence-electron chi connectivity index (χ3n) is 5.82. The van der Waals surface area contributed by atoms with E-state index in [9.17, 15) is 9.90 Å². The van der Waals surface area contributed by atoms with E-state index in [1.54, 1.807) is 0 Å². The van der Waals surface area contributed by atoms with Gasteiger partial charge in [-0.2, -0.15) is 0 Å². The minimum Gasteiger partial charge on any atom is -0.389 e. The Morgan fingerprint density at radius 3 is 3.04 bits per heavy atom. The molecular weight excluding hydrogens is 324 g/mol. The largest absolute Gasteiger partial charge is 0.389 e. The number of piperidine rings is 1. The number of fused-ring (bicyclic) bond motifs is 2. The first-order valence-corrected chi connectivity index (χ1v) is 9.17. The summed E-state index contributed by atoms with van der Waals surface area (Å²) in [5.74, 6) is 0.361. The molecule has 0 radical (unpaired) electrons. The van der Waals surface area contributed by atoms with Crippen LogP contribution in [0, 0.1) is 5.92 Å². The summed E-state index contributed by atoms with van der Waals surface area (Å²) >= 11 is 6.09. The van der Waals surface area contributed by atoms with Crippen molar-refractivity contribution in [3.8, 4) is 0 Å². The Kier molecular flexibility index (Phi) is 4.05. The summed E-state index contributed by atoms with van der Waals surface area (Å²) in [7, 11) is 0. The van der Waals surface area contributed by atoms with Crippen LogP contribution in [-0.4, -0.2) is 39.2 Å². The van der Waals surface area contributed by atoms with Crippen molar-refractivity contribution in [2.24, 2.45) is 5.92 Å². The van der Waals surface area contributed by atoms with Crippen molar-refractivity contribution in [3.05, 3.63) is 35.5 Å². The van der Waals surface area contributed by atoms with Gasteiger partial charge >= 0.3 is 0 Å². The fourth-order valence-corrected chi connectivity index (χ4v) is 4.50. The van der Waals surface area contributed by atoms with Crippen LogP contribution in [0.3, 0.4) is 0 Å². The SMILES string of the molecule is O=C(Cn1ccc2ccc(Cl)cc21)N1CC[C@@]2(O)CCCC[C@H]2C1. The van der Waals surface area contributed by atoms with Gasteiger partial charge in [0.25, 0.3) is 0 Å². The highest BCUT2D eigenvalue weighted by atomic mass is 35.5. The number of aromatic nitrogens is 1. The number of halogens is 1. The number of hydrogen-bond acceptors (Lipinski definition) is 2. The molecule has 2 aliphatic rings. The molecule has 2 atom stereocenters. The molecule has 1 aliphatic carbocycles. The summed E-state index contributed by atoms with van der Waals surface area (Å²) in [6, 6.07) is 7.75. The highest BCUT2D eigenvalue weighted by Gasteiger charge is 2.43. The first-order valence-electron chi connectivity index (χ1n) is 8.80. The Hall–Kier alpha value is -1.52. The van der Waals surface area contributed by atoms with E-state index in [4.69, 9.17) is 11.6 Å². The third kappa shape index (κ3) is 2.82. The molecule has 2 heterocycles. The van der Waals surface area contributed by atoms with Crippen LogP contribution in [0.2, 0.25) is 5.02 Å². The maximum absolute atomic E-state index is 12.8. The van der Waals surface area contributed by atoms with Gasteiger partial charge in [-0.15, -0.1) is 0 Å². The zero-order chi connectivity index (χ0) is 16.7. The number of likely N-dealkylation sites (tertiary alicyclic amines) is 1. The van der Waals surface area contributed by atoms with Gasteiger partial charge in [-0.25, -0.2) is 0 Å². The van der Waals surface area contributed by atoms with Gasteiger partial charge in [-0.05, 0) is 42.8 Å². The summed E-state index contributed by atoms with van der Waals surface area (Å²) in [5.41, 5.74) is 0.449. The summed E-state index contributed by atoms with van der Waals surface area (Å²) in [6.45, 7) is 1.68. The van der Waals surface area contributed by atoms with Gasteiger partial charge in [0, 0.05) is 35.7 Å². The van der Waals surface area contributed by atoms with Crippen molar-refractivity contribution in [2.75, 3.05) is 13.1 Å². The Bertz CT molecular complexity index is 772. The number of carbonyl (C=O) groups is 1. The minimum absolute atomic E-state index is 0.125. The average molecular weight is 347 g/mol. The molecule has 1 amide bonds. The zero-order valence-corrected chi connectivity index (χ0v) is 14.5. The Balaban J connectivity index is 1.49. The fourth-order valence-electron chi connectivity index (χ4n) is 4.34. The molecule has 1 saturated carbocycles. The zero-order valence-electron chi connectivity index (χ0n) is 13.7. The number of aliphatic hydroxyl groups is 1. The van der Waals surface area contributed by atoms with E-state index in [1.807, 2.05) is 39.9 Å². The van der Waals surface area contributed by atoms with Gasteiger partial charge in [0.15, 0.2) is 0 Å². The lowest BCUT2D eigenvalue weighted by atomic mass is 9.71. The third-order valence-corrected chi connectivity index (χ3v) is 6.06. The topological polar surface area (TPSA) is 45.5 Å². The second kappa shape index (κ2) is 6.08.